The zero-order valence-electron chi connectivity index (χ0n) is 20.3. The summed E-state index contributed by atoms with van der Waals surface area (Å²) in [7, 11) is 2.07. The lowest BCUT2D eigenvalue weighted by atomic mass is 9.96. The average Bonchev–Trinajstić information content (AvgIpc) is 3.26. The number of aryl methyl sites for hydroxylation is 1. The Kier molecular flexibility index (Phi) is 8.24. The highest BCUT2D eigenvalue weighted by Crippen LogP contribution is 2.27. The van der Waals surface area contributed by atoms with Crippen LogP contribution in [0.5, 0.6) is 5.75 Å². The van der Waals surface area contributed by atoms with Crippen LogP contribution in [-0.4, -0.2) is 85.7 Å². The Morgan fingerprint density at radius 3 is 2.53 bits per heavy atom. The molecule has 8 heteroatoms. The normalized spacial score (nSPS) is 22.1. The number of benzene rings is 1. The van der Waals surface area contributed by atoms with Gasteiger partial charge in [0.25, 0.3) is 0 Å². The summed E-state index contributed by atoms with van der Waals surface area (Å²) in [6.07, 6.45) is 2.22. The number of nitrogens with zero attached hydrogens (tertiary/aromatic N) is 3. The van der Waals surface area contributed by atoms with Gasteiger partial charge in [0, 0.05) is 45.7 Å². The Bertz CT molecular complexity index is 926. The Hall–Kier alpha value is -2.42. The third kappa shape index (κ3) is 6.58. The van der Waals surface area contributed by atoms with Crippen LogP contribution in [0.25, 0.3) is 0 Å². The van der Waals surface area contributed by atoms with Crippen molar-refractivity contribution in [3.8, 4) is 5.75 Å². The number of hydrogen-bond donors (Lipinski definition) is 0. The van der Waals surface area contributed by atoms with E-state index in [1.807, 2.05) is 17.0 Å². The Morgan fingerprint density at radius 2 is 1.79 bits per heavy atom. The van der Waals surface area contributed by atoms with Crippen LogP contribution in [0.2, 0.25) is 0 Å². The van der Waals surface area contributed by atoms with Crippen LogP contribution in [0.3, 0.4) is 0 Å². The minimum absolute atomic E-state index is 0.0842. The standard InChI is InChI=1S/C26H36FN3O4/c1-3-4-23-9-10-24(34-23)18-29-15-16-33-26(19-29,20-32-22-7-5-21(27)6-8-22)17-25(31)30-13-11-28(2)12-14-30/h5-10H,3-4,11-20H2,1-2H3. The first kappa shape index (κ1) is 24.7. The number of piperazine rings is 1. The molecule has 34 heavy (non-hydrogen) atoms. The van der Waals surface area contributed by atoms with Gasteiger partial charge in [0.05, 0.1) is 19.6 Å². The zero-order chi connectivity index (χ0) is 24.0. The molecule has 0 aliphatic carbocycles. The highest BCUT2D eigenvalue weighted by Gasteiger charge is 2.41. The summed E-state index contributed by atoms with van der Waals surface area (Å²) in [4.78, 5) is 19.7. The van der Waals surface area contributed by atoms with Crippen molar-refractivity contribution < 1.29 is 23.1 Å². The van der Waals surface area contributed by atoms with E-state index in [4.69, 9.17) is 13.9 Å². The van der Waals surface area contributed by atoms with Gasteiger partial charge in [-0.25, -0.2) is 4.39 Å². The third-order valence-corrected chi connectivity index (χ3v) is 6.57. The molecule has 1 aromatic heterocycles. The molecule has 2 aliphatic rings. The second kappa shape index (κ2) is 11.3. The minimum Gasteiger partial charge on any atom is -0.491 e. The molecule has 7 nitrogen and oxygen atoms in total. The number of halogens is 1. The molecule has 0 spiro atoms. The molecule has 3 heterocycles. The molecule has 2 aromatic rings. The molecular formula is C26H36FN3O4. The van der Waals surface area contributed by atoms with E-state index in [1.54, 1.807) is 12.1 Å². The molecule has 0 radical (unpaired) electrons. The Labute approximate surface area is 201 Å². The second-order valence-electron chi connectivity index (χ2n) is 9.46. The first-order valence-corrected chi connectivity index (χ1v) is 12.2. The molecular weight excluding hydrogens is 437 g/mol. The number of carbonyl (C=O) groups excluding carboxylic acids is 1. The fourth-order valence-electron chi connectivity index (χ4n) is 4.60. The van der Waals surface area contributed by atoms with E-state index in [0.29, 0.717) is 25.4 Å². The molecule has 2 saturated heterocycles. The van der Waals surface area contributed by atoms with Gasteiger partial charge in [-0.3, -0.25) is 9.69 Å². The van der Waals surface area contributed by atoms with Crippen LogP contribution in [0, 0.1) is 5.82 Å². The van der Waals surface area contributed by atoms with Crippen molar-refractivity contribution in [1.29, 1.82) is 0 Å². The molecule has 1 amide bonds. The maximum atomic E-state index is 13.3. The molecule has 2 fully saturated rings. The highest BCUT2D eigenvalue weighted by atomic mass is 19.1. The number of rotatable bonds is 9. The maximum Gasteiger partial charge on any atom is 0.225 e. The van der Waals surface area contributed by atoms with Gasteiger partial charge < -0.3 is 23.7 Å². The number of morpholine rings is 1. The maximum absolute atomic E-state index is 13.3. The van der Waals surface area contributed by atoms with Gasteiger partial charge in [-0.15, -0.1) is 0 Å². The van der Waals surface area contributed by atoms with Gasteiger partial charge >= 0.3 is 0 Å². The van der Waals surface area contributed by atoms with Crippen molar-refractivity contribution in [1.82, 2.24) is 14.7 Å². The molecule has 1 aromatic carbocycles. The number of hydrogen-bond acceptors (Lipinski definition) is 6. The van der Waals surface area contributed by atoms with Crippen molar-refractivity contribution >= 4 is 5.91 Å². The van der Waals surface area contributed by atoms with Crippen LogP contribution in [-0.2, 0) is 22.5 Å². The van der Waals surface area contributed by atoms with E-state index in [9.17, 15) is 9.18 Å². The number of likely N-dealkylation sites (N-methyl/N-ethyl adjacent to an activating group) is 1. The Balaban J connectivity index is 1.45. The lowest BCUT2D eigenvalue weighted by molar-refractivity contribution is -0.158. The van der Waals surface area contributed by atoms with Crippen LogP contribution >= 0.6 is 0 Å². The quantitative estimate of drug-likeness (QED) is 0.558. The van der Waals surface area contributed by atoms with Crippen molar-refractivity contribution in [2.75, 3.05) is 59.5 Å². The van der Waals surface area contributed by atoms with E-state index in [-0.39, 0.29) is 24.8 Å². The molecule has 0 bridgehead atoms. The summed E-state index contributed by atoms with van der Waals surface area (Å²) in [5, 5.41) is 0. The Morgan fingerprint density at radius 1 is 1.06 bits per heavy atom. The van der Waals surface area contributed by atoms with Gasteiger partial charge in [-0.1, -0.05) is 6.92 Å². The van der Waals surface area contributed by atoms with E-state index >= 15 is 0 Å². The van der Waals surface area contributed by atoms with Crippen LogP contribution in [0.15, 0.2) is 40.8 Å². The predicted molar refractivity (Wildman–Crippen MR) is 127 cm³/mol. The molecule has 1 unspecified atom stereocenters. The SMILES string of the molecule is CCCc1ccc(CN2CCOC(COc3ccc(F)cc3)(CC(=O)N3CCN(C)CC3)C2)o1. The zero-order valence-corrected chi connectivity index (χ0v) is 20.3. The summed E-state index contributed by atoms with van der Waals surface area (Å²) in [6.45, 7) is 8.01. The molecule has 0 saturated carbocycles. The van der Waals surface area contributed by atoms with Crippen LogP contribution in [0.4, 0.5) is 4.39 Å². The summed E-state index contributed by atoms with van der Waals surface area (Å²) < 4.78 is 31.6. The largest absolute Gasteiger partial charge is 0.491 e. The van der Waals surface area contributed by atoms with E-state index in [1.165, 1.54) is 12.1 Å². The van der Waals surface area contributed by atoms with E-state index in [0.717, 1.165) is 57.1 Å². The number of ether oxygens (including phenoxy) is 2. The third-order valence-electron chi connectivity index (χ3n) is 6.57. The minimum atomic E-state index is -0.786. The first-order valence-electron chi connectivity index (χ1n) is 12.2. The fraction of sp³-hybridized carbons (Fsp3) is 0.577. The summed E-state index contributed by atoms with van der Waals surface area (Å²) in [5.74, 6) is 2.25. The number of furan rings is 1. The number of amides is 1. The van der Waals surface area contributed by atoms with Crippen LogP contribution < -0.4 is 4.74 Å². The first-order chi connectivity index (χ1) is 16.4. The molecule has 4 rings (SSSR count). The van der Waals surface area contributed by atoms with Crippen molar-refractivity contribution in [2.24, 2.45) is 0 Å². The summed E-state index contributed by atoms with van der Waals surface area (Å²) in [6, 6.07) is 10.0. The van der Waals surface area contributed by atoms with E-state index < -0.39 is 5.60 Å². The predicted octanol–water partition coefficient (Wildman–Crippen LogP) is 3.19. The number of carbonyl (C=O) groups is 1. The highest BCUT2D eigenvalue weighted by molar-refractivity contribution is 5.77. The van der Waals surface area contributed by atoms with Gasteiger partial charge in [-0.05, 0) is 49.9 Å². The monoisotopic (exact) mass is 473 g/mol. The van der Waals surface area contributed by atoms with Crippen molar-refractivity contribution in [3.63, 3.8) is 0 Å². The van der Waals surface area contributed by atoms with Crippen molar-refractivity contribution in [3.05, 3.63) is 53.7 Å². The van der Waals surface area contributed by atoms with E-state index in [2.05, 4.69) is 23.8 Å². The second-order valence-corrected chi connectivity index (χ2v) is 9.46. The lowest BCUT2D eigenvalue weighted by Crippen LogP contribution is -2.58. The van der Waals surface area contributed by atoms with Gasteiger partial charge in [0.15, 0.2) is 0 Å². The molecule has 2 aliphatic heterocycles. The molecule has 1 atom stereocenters. The van der Waals surface area contributed by atoms with Gasteiger partial charge in [0.1, 0.15) is 35.3 Å². The lowest BCUT2D eigenvalue weighted by Gasteiger charge is -2.43. The topological polar surface area (TPSA) is 58.4 Å². The van der Waals surface area contributed by atoms with Crippen molar-refractivity contribution in [2.45, 2.75) is 38.3 Å². The average molecular weight is 474 g/mol. The smallest absolute Gasteiger partial charge is 0.225 e. The summed E-state index contributed by atoms with van der Waals surface area (Å²) in [5.41, 5.74) is -0.786. The van der Waals surface area contributed by atoms with Gasteiger partial charge in [0.2, 0.25) is 5.91 Å². The fourth-order valence-corrected chi connectivity index (χ4v) is 4.60. The summed E-state index contributed by atoms with van der Waals surface area (Å²) >= 11 is 0. The molecule has 186 valence electrons. The van der Waals surface area contributed by atoms with Gasteiger partial charge in [-0.2, -0.15) is 0 Å². The van der Waals surface area contributed by atoms with Crippen LogP contribution in [0.1, 0.15) is 31.3 Å². The molecule has 0 N–H and O–H groups in total.